The molecule has 1 N–H and O–H groups in total. The number of methoxy groups -OCH3 is 1. The second-order valence-electron chi connectivity index (χ2n) is 5.68. The molecule has 0 aliphatic carbocycles. The van der Waals surface area contributed by atoms with Gasteiger partial charge in [-0.1, -0.05) is 19.1 Å². The fraction of sp³-hybridized carbons (Fsp3) is 0.211. The van der Waals surface area contributed by atoms with Crippen molar-refractivity contribution >= 4 is 18.4 Å². The van der Waals surface area contributed by atoms with Crippen LogP contribution in [-0.4, -0.2) is 28.2 Å². The van der Waals surface area contributed by atoms with Crippen LogP contribution >= 0.6 is 12.2 Å². The van der Waals surface area contributed by atoms with Gasteiger partial charge in [0.15, 0.2) is 17.3 Å². The summed E-state index contributed by atoms with van der Waals surface area (Å²) in [4.78, 5) is 0. The van der Waals surface area contributed by atoms with E-state index in [0.29, 0.717) is 29.3 Å². The van der Waals surface area contributed by atoms with Gasteiger partial charge < -0.3 is 9.47 Å². The molecule has 2 aromatic carbocycles. The molecule has 1 aromatic heterocycles. The summed E-state index contributed by atoms with van der Waals surface area (Å²) in [5.41, 5.74) is 1.69. The van der Waals surface area contributed by atoms with E-state index in [1.54, 1.807) is 36.2 Å². The van der Waals surface area contributed by atoms with Gasteiger partial charge in [-0.25, -0.2) is 4.39 Å². The highest BCUT2D eigenvalue weighted by Gasteiger charge is 2.07. The summed E-state index contributed by atoms with van der Waals surface area (Å²) in [6.45, 7) is 2.29. The smallest absolute Gasteiger partial charge is 0.216 e. The van der Waals surface area contributed by atoms with E-state index in [1.165, 1.54) is 12.1 Å². The Balaban J connectivity index is 1.75. The Bertz CT molecular complexity index is 996. The summed E-state index contributed by atoms with van der Waals surface area (Å²) in [6, 6.07) is 11.7. The number of hydrogen-bond donors (Lipinski definition) is 1. The molecule has 140 valence electrons. The van der Waals surface area contributed by atoms with Crippen LogP contribution in [0.25, 0.3) is 0 Å². The van der Waals surface area contributed by atoms with Gasteiger partial charge in [-0.3, -0.25) is 5.10 Å². The van der Waals surface area contributed by atoms with Crippen molar-refractivity contribution in [2.75, 3.05) is 7.11 Å². The van der Waals surface area contributed by atoms with Crippen LogP contribution in [0, 0.1) is 10.6 Å². The summed E-state index contributed by atoms with van der Waals surface area (Å²) < 4.78 is 26.2. The lowest BCUT2D eigenvalue weighted by Gasteiger charge is -2.11. The van der Waals surface area contributed by atoms with Crippen molar-refractivity contribution in [3.8, 4) is 11.5 Å². The SMILES string of the molecule is CCc1n[nH]c(=S)n1/N=C\c1ccc(OCc2ccc(F)cc2)c(OC)c1. The number of aromatic amines is 1. The summed E-state index contributed by atoms with van der Waals surface area (Å²) in [7, 11) is 1.57. The molecule has 0 aliphatic heterocycles. The molecule has 3 rings (SSSR count). The van der Waals surface area contributed by atoms with Crippen molar-refractivity contribution in [1.29, 1.82) is 0 Å². The van der Waals surface area contributed by atoms with E-state index in [9.17, 15) is 4.39 Å². The van der Waals surface area contributed by atoms with Crippen LogP contribution in [0.1, 0.15) is 23.9 Å². The second-order valence-corrected chi connectivity index (χ2v) is 6.07. The van der Waals surface area contributed by atoms with Crippen LogP contribution in [0.15, 0.2) is 47.6 Å². The number of hydrogen-bond acceptors (Lipinski definition) is 5. The maximum absolute atomic E-state index is 13.0. The van der Waals surface area contributed by atoms with E-state index in [1.807, 2.05) is 19.1 Å². The lowest BCUT2D eigenvalue weighted by Crippen LogP contribution is -1.99. The fourth-order valence-corrected chi connectivity index (χ4v) is 2.62. The Hall–Kier alpha value is -3.00. The van der Waals surface area contributed by atoms with Crippen LogP contribution in [0.3, 0.4) is 0 Å². The molecule has 8 heteroatoms. The first-order chi connectivity index (χ1) is 13.1. The Labute approximate surface area is 161 Å². The summed E-state index contributed by atoms with van der Waals surface area (Å²) >= 11 is 5.18. The van der Waals surface area contributed by atoms with Gasteiger partial charge in [0.05, 0.1) is 13.3 Å². The molecule has 1 heterocycles. The average molecular weight is 386 g/mol. The minimum atomic E-state index is -0.274. The maximum Gasteiger partial charge on any atom is 0.216 e. The largest absolute Gasteiger partial charge is 0.493 e. The number of nitrogens with one attached hydrogen (secondary N) is 1. The van der Waals surface area contributed by atoms with Crippen LogP contribution < -0.4 is 9.47 Å². The van der Waals surface area contributed by atoms with Gasteiger partial charge in [-0.2, -0.15) is 14.9 Å². The molecule has 0 atom stereocenters. The Morgan fingerprint density at radius 3 is 2.70 bits per heavy atom. The molecule has 0 spiro atoms. The first-order valence-electron chi connectivity index (χ1n) is 8.36. The lowest BCUT2D eigenvalue weighted by atomic mass is 10.2. The van der Waals surface area contributed by atoms with Gasteiger partial charge in [-0.15, -0.1) is 0 Å². The third-order valence-corrected chi connectivity index (χ3v) is 4.12. The van der Waals surface area contributed by atoms with Gasteiger partial charge in [0, 0.05) is 6.42 Å². The van der Waals surface area contributed by atoms with Crippen molar-refractivity contribution in [3.05, 3.63) is 70.0 Å². The van der Waals surface area contributed by atoms with E-state index in [2.05, 4.69) is 15.3 Å². The number of ether oxygens (including phenoxy) is 2. The quantitative estimate of drug-likeness (QED) is 0.490. The minimum absolute atomic E-state index is 0.274. The molecule has 0 saturated carbocycles. The van der Waals surface area contributed by atoms with E-state index in [-0.39, 0.29) is 5.82 Å². The van der Waals surface area contributed by atoms with E-state index in [4.69, 9.17) is 21.7 Å². The highest BCUT2D eigenvalue weighted by atomic mass is 32.1. The molecule has 3 aromatic rings. The van der Waals surface area contributed by atoms with E-state index in [0.717, 1.165) is 17.0 Å². The van der Waals surface area contributed by atoms with Gasteiger partial charge in [0.1, 0.15) is 12.4 Å². The van der Waals surface area contributed by atoms with Crippen molar-refractivity contribution in [1.82, 2.24) is 14.9 Å². The Kier molecular flexibility index (Phi) is 5.97. The zero-order valence-corrected chi connectivity index (χ0v) is 15.8. The van der Waals surface area contributed by atoms with Crippen LogP contribution in [-0.2, 0) is 13.0 Å². The van der Waals surface area contributed by atoms with Crippen molar-refractivity contribution in [3.63, 3.8) is 0 Å². The predicted octanol–water partition coefficient (Wildman–Crippen LogP) is 4.11. The van der Waals surface area contributed by atoms with Gasteiger partial charge >= 0.3 is 0 Å². The van der Waals surface area contributed by atoms with Gasteiger partial charge in [0.25, 0.3) is 0 Å². The lowest BCUT2D eigenvalue weighted by molar-refractivity contribution is 0.284. The molecule has 0 amide bonds. The number of nitrogens with zero attached hydrogens (tertiary/aromatic N) is 3. The topological polar surface area (TPSA) is 64.4 Å². The van der Waals surface area contributed by atoms with Crippen LogP contribution in [0.5, 0.6) is 11.5 Å². The highest BCUT2D eigenvalue weighted by Crippen LogP contribution is 2.28. The van der Waals surface area contributed by atoms with Crippen molar-refractivity contribution in [2.24, 2.45) is 5.10 Å². The van der Waals surface area contributed by atoms with E-state index >= 15 is 0 Å². The zero-order valence-electron chi connectivity index (χ0n) is 15.0. The van der Waals surface area contributed by atoms with E-state index < -0.39 is 0 Å². The molecule has 27 heavy (non-hydrogen) atoms. The predicted molar refractivity (Wildman–Crippen MR) is 104 cm³/mol. The number of aryl methyl sites for hydroxylation is 1. The van der Waals surface area contributed by atoms with Gasteiger partial charge in [0.2, 0.25) is 4.77 Å². The third kappa shape index (κ3) is 4.59. The zero-order chi connectivity index (χ0) is 19.2. The molecule has 0 aliphatic rings. The average Bonchev–Trinajstić information content (AvgIpc) is 3.05. The molecular formula is C19H19FN4O2S. The standard InChI is InChI=1S/C19H19FN4O2S/c1-3-18-22-23-19(27)24(18)21-11-14-6-9-16(17(10-14)25-2)26-12-13-4-7-15(20)8-5-13/h4-11H,3,12H2,1-2H3,(H,23,27)/b21-11-. The molecule has 0 fully saturated rings. The van der Waals surface area contributed by atoms with Crippen molar-refractivity contribution in [2.45, 2.75) is 20.0 Å². The second kappa shape index (κ2) is 8.59. The summed E-state index contributed by atoms with van der Waals surface area (Å²) in [5.74, 6) is 1.65. The number of aromatic nitrogens is 3. The van der Waals surface area contributed by atoms with Crippen LogP contribution in [0.2, 0.25) is 0 Å². The van der Waals surface area contributed by atoms with Crippen LogP contribution in [0.4, 0.5) is 4.39 Å². The minimum Gasteiger partial charge on any atom is -0.493 e. The normalized spacial score (nSPS) is 11.1. The number of halogens is 1. The molecular weight excluding hydrogens is 367 g/mol. The molecule has 0 unspecified atom stereocenters. The highest BCUT2D eigenvalue weighted by molar-refractivity contribution is 7.71. The molecule has 6 nitrogen and oxygen atoms in total. The summed E-state index contributed by atoms with van der Waals surface area (Å²) in [6.07, 6.45) is 2.39. The molecule has 0 radical (unpaired) electrons. The Morgan fingerprint density at radius 2 is 2.00 bits per heavy atom. The van der Waals surface area contributed by atoms with Gasteiger partial charge in [-0.05, 0) is 53.7 Å². The number of rotatable bonds is 7. The summed E-state index contributed by atoms with van der Waals surface area (Å²) in [5, 5.41) is 11.2. The maximum atomic E-state index is 13.0. The number of benzene rings is 2. The number of H-pyrrole nitrogens is 1. The first-order valence-corrected chi connectivity index (χ1v) is 8.77. The first kappa shape index (κ1) is 18.8. The molecule has 0 saturated heterocycles. The Morgan fingerprint density at radius 1 is 1.22 bits per heavy atom. The molecule has 0 bridgehead atoms. The monoisotopic (exact) mass is 386 g/mol. The fourth-order valence-electron chi connectivity index (χ4n) is 2.42. The van der Waals surface area contributed by atoms with Crippen molar-refractivity contribution < 1.29 is 13.9 Å². The third-order valence-electron chi connectivity index (χ3n) is 3.85.